The van der Waals surface area contributed by atoms with E-state index in [0.29, 0.717) is 11.0 Å². The summed E-state index contributed by atoms with van der Waals surface area (Å²) in [5, 5.41) is 4.81. The van der Waals surface area contributed by atoms with E-state index in [2.05, 4.69) is 15.1 Å². The fourth-order valence-corrected chi connectivity index (χ4v) is 1.62. The number of hydrogen-bond acceptors (Lipinski definition) is 4. The Morgan fingerprint density at radius 3 is 2.53 bits per heavy atom. The summed E-state index contributed by atoms with van der Waals surface area (Å²) in [6.07, 6.45) is 5.98. The lowest BCUT2D eigenvalue weighted by Gasteiger charge is -2.04. The minimum Gasteiger partial charge on any atom is -0.328 e. The van der Waals surface area contributed by atoms with Crippen LogP contribution in [0.25, 0.3) is 5.95 Å². The van der Waals surface area contributed by atoms with Crippen molar-refractivity contribution in [2.45, 2.75) is 26.3 Å². The Bertz CT molecular complexity index is 484. The van der Waals surface area contributed by atoms with Crippen molar-refractivity contribution in [3.05, 3.63) is 34.9 Å². The molecule has 2 rings (SSSR count). The molecule has 0 saturated heterocycles. The Balaban J connectivity index is 2.23. The van der Waals surface area contributed by atoms with Crippen molar-refractivity contribution in [2.24, 2.45) is 5.73 Å². The third kappa shape index (κ3) is 2.81. The van der Waals surface area contributed by atoms with Gasteiger partial charge in [-0.05, 0) is 25.8 Å². The molecule has 0 aliphatic rings. The van der Waals surface area contributed by atoms with Crippen molar-refractivity contribution in [1.29, 1.82) is 0 Å². The van der Waals surface area contributed by atoms with Crippen molar-refractivity contribution >= 4 is 11.6 Å². The smallest absolute Gasteiger partial charge is 0.250 e. The van der Waals surface area contributed by atoms with Crippen molar-refractivity contribution in [3.8, 4) is 5.95 Å². The molecular weight excluding hydrogens is 238 g/mol. The van der Waals surface area contributed by atoms with E-state index in [1.54, 1.807) is 23.3 Å². The first kappa shape index (κ1) is 12.0. The Morgan fingerprint density at radius 1 is 1.41 bits per heavy atom. The summed E-state index contributed by atoms with van der Waals surface area (Å²) in [5.41, 5.74) is 7.48. The first-order chi connectivity index (χ1) is 8.06. The van der Waals surface area contributed by atoms with Crippen LogP contribution in [-0.4, -0.2) is 25.8 Å². The largest absolute Gasteiger partial charge is 0.328 e. The zero-order valence-corrected chi connectivity index (χ0v) is 10.5. The molecule has 0 bridgehead atoms. The van der Waals surface area contributed by atoms with Crippen molar-refractivity contribution < 1.29 is 0 Å². The first-order valence-corrected chi connectivity index (χ1v) is 5.72. The van der Waals surface area contributed by atoms with Crippen molar-refractivity contribution in [2.75, 3.05) is 0 Å². The van der Waals surface area contributed by atoms with Gasteiger partial charge in [0.15, 0.2) is 0 Å². The monoisotopic (exact) mass is 251 g/mol. The lowest BCUT2D eigenvalue weighted by Crippen LogP contribution is -2.18. The quantitative estimate of drug-likeness (QED) is 0.898. The molecule has 1 atom stereocenters. The summed E-state index contributed by atoms with van der Waals surface area (Å²) in [5.74, 6) is 0.508. The molecule has 2 aromatic heterocycles. The van der Waals surface area contributed by atoms with Crippen molar-refractivity contribution in [1.82, 2.24) is 19.7 Å². The first-order valence-electron chi connectivity index (χ1n) is 5.35. The Kier molecular flexibility index (Phi) is 3.40. The second-order valence-corrected chi connectivity index (χ2v) is 4.49. The highest BCUT2D eigenvalue weighted by Gasteiger charge is 2.06. The topological polar surface area (TPSA) is 69.6 Å². The zero-order chi connectivity index (χ0) is 12.4. The van der Waals surface area contributed by atoms with Gasteiger partial charge in [-0.1, -0.05) is 11.6 Å². The maximum Gasteiger partial charge on any atom is 0.250 e. The summed E-state index contributed by atoms with van der Waals surface area (Å²) in [7, 11) is 0. The molecule has 17 heavy (non-hydrogen) atoms. The zero-order valence-electron chi connectivity index (χ0n) is 9.76. The fraction of sp³-hybridized carbons (Fsp3) is 0.364. The summed E-state index contributed by atoms with van der Waals surface area (Å²) in [6, 6.07) is 0.103. The van der Waals surface area contributed by atoms with Gasteiger partial charge in [-0.2, -0.15) is 5.10 Å². The van der Waals surface area contributed by atoms with E-state index in [4.69, 9.17) is 17.3 Å². The second kappa shape index (κ2) is 4.81. The number of aromatic nitrogens is 4. The summed E-state index contributed by atoms with van der Waals surface area (Å²) in [4.78, 5) is 8.46. The van der Waals surface area contributed by atoms with Gasteiger partial charge in [-0.3, -0.25) is 0 Å². The minimum atomic E-state index is 0.103. The molecule has 0 amide bonds. The molecule has 1 unspecified atom stereocenters. The lowest BCUT2D eigenvalue weighted by molar-refractivity contribution is 0.725. The number of rotatable bonds is 3. The maximum atomic E-state index is 5.92. The van der Waals surface area contributed by atoms with Gasteiger partial charge in [0, 0.05) is 18.4 Å². The number of hydrogen-bond donors (Lipinski definition) is 1. The normalized spacial score (nSPS) is 12.7. The summed E-state index contributed by atoms with van der Waals surface area (Å²) >= 11 is 5.92. The number of aryl methyl sites for hydroxylation is 1. The van der Waals surface area contributed by atoms with Gasteiger partial charge in [0.1, 0.15) is 0 Å². The van der Waals surface area contributed by atoms with Crippen LogP contribution in [0.5, 0.6) is 0 Å². The predicted octanol–water partition coefficient (Wildman–Crippen LogP) is 1.51. The molecule has 2 heterocycles. The molecule has 0 aromatic carbocycles. The number of halogens is 1. The van der Waals surface area contributed by atoms with Crippen LogP contribution in [0.15, 0.2) is 18.6 Å². The van der Waals surface area contributed by atoms with E-state index in [-0.39, 0.29) is 6.04 Å². The Morgan fingerprint density at radius 2 is 2.06 bits per heavy atom. The third-order valence-electron chi connectivity index (χ3n) is 2.29. The van der Waals surface area contributed by atoms with E-state index in [9.17, 15) is 0 Å². The number of nitrogens with zero attached hydrogens (tertiary/aromatic N) is 4. The van der Waals surface area contributed by atoms with Gasteiger partial charge >= 0.3 is 0 Å². The second-order valence-electron chi connectivity index (χ2n) is 4.08. The standard InChI is InChI=1S/C11H14ClN5/c1-7(13)3-9-4-14-11(15-5-9)17-6-10(12)8(2)16-17/h4-7H,3,13H2,1-2H3. The molecule has 0 spiro atoms. The SMILES string of the molecule is Cc1nn(-c2ncc(CC(C)N)cn2)cc1Cl. The fourth-order valence-electron chi connectivity index (χ4n) is 1.48. The molecule has 0 radical (unpaired) electrons. The molecule has 2 aromatic rings. The molecule has 6 heteroatoms. The van der Waals surface area contributed by atoms with Crippen LogP contribution in [-0.2, 0) is 6.42 Å². The van der Waals surface area contributed by atoms with Crippen LogP contribution in [0.3, 0.4) is 0 Å². The van der Waals surface area contributed by atoms with Gasteiger partial charge in [0.2, 0.25) is 5.95 Å². The molecule has 0 saturated carbocycles. The van der Waals surface area contributed by atoms with Gasteiger partial charge in [-0.25, -0.2) is 14.6 Å². The van der Waals surface area contributed by atoms with E-state index in [0.717, 1.165) is 17.7 Å². The average Bonchev–Trinajstić information content (AvgIpc) is 2.59. The highest BCUT2D eigenvalue weighted by molar-refractivity contribution is 6.31. The number of nitrogens with two attached hydrogens (primary N) is 1. The van der Waals surface area contributed by atoms with Crippen molar-refractivity contribution in [3.63, 3.8) is 0 Å². The molecule has 2 N–H and O–H groups in total. The van der Waals surface area contributed by atoms with E-state index >= 15 is 0 Å². The maximum absolute atomic E-state index is 5.92. The summed E-state index contributed by atoms with van der Waals surface area (Å²) < 4.78 is 1.56. The van der Waals surface area contributed by atoms with E-state index < -0.39 is 0 Å². The van der Waals surface area contributed by atoms with Crippen LogP contribution >= 0.6 is 11.6 Å². The summed E-state index contributed by atoms with van der Waals surface area (Å²) in [6.45, 7) is 3.79. The minimum absolute atomic E-state index is 0.103. The van der Waals surface area contributed by atoms with Crippen LogP contribution in [0, 0.1) is 6.92 Å². The Hall–Kier alpha value is -1.46. The highest BCUT2D eigenvalue weighted by atomic mass is 35.5. The third-order valence-corrected chi connectivity index (χ3v) is 2.66. The van der Waals surface area contributed by atoms with E-state index in [1.807, 2.05) is 13.8 Å². The van der Waals surface area contributed by atoms with Gasteiger partial charge in [0.25, 0.3) is 0 Å². The highest BCUT2D eigenvalue weighted by Crippen LogP contribution is 2.14. The van der Waals surface area contributed by atoms with Gasteiger partial charge < -0.3 is 5.73 Å². The van der Waals surface area contributed by atoms with Crippen LogP contribution in [0.2, 0.25) is 5.02 Å². The average molecular weight is 252 g/mol. The van der Waals surface area contributed by atoms with E-state index in [1.165, 1.54) is 0 Å². The van der Waals surface area contributed by atoms with Crippen LogP contribution in [0.4, 0.5) is 0 Å². The molecular formula is C11H14ClN5. The van der Waals surface area contributed by atoms with Crippen LogP contribution < -0.4 is 5.73 Å². The molecule has 0 aliphatic carbocycles. The molecule has 0 aliphatic heterocycles. The molecule has 0 fully saturated rings. The van der Waals surface area contributed by atoms with Gasteiger partial charge in [0.05, 0.1) is 16.9 Å². The van der Waals surface area contributed by atoms with Crippen LogP contribution in [0.1, 0.15) is 18.2 Å². The predicted molar refractivity (Wildman–Crippen MR) is 66.3 cm³/mol. The lowest BCUT2D eigenvalue weighted by atomic mass is 10.1. The van der Waals surface area contributed by atoms with Gasteiger partial charge in [-0.15, -0.1) is 0 Å². The Labute approximate surface area is 105 Å². The molecule has 90 valence electrons. The molecule has 5 nitrogen and oxygen atoms in total.